The van der Waals surface area contributed by atoms with Crippen LogP contribution in [0.25, 0.3) is 0 Å². The van der Waals surface area contributed by atoms with Gasteiger partial charge in [-0.3, -0.25) is 4.79 Å². The van der Waals surface area contributed by atoms with Crippen molar-refractivity contribution in [3.05, 3.63) is 53.1 Å². The average Bonchev–Trinajstić information content (AvgIpc) is 2.59. The number of rotatable bonds is 2. The molecule has 1 aliphatic heterocycles. The van der Waals surface area contributed by atoms with Crippen molar-refractivity contribution >= 4 is 17.6 Å². The lowest BCUT2D eigenvalue weighted by atomic mass is 10.0. The Labute approximate surface area is 152 Å². The molecule has 2 aromatic carbocycles. The van der Waals surface area contributed by atoms with E-state index in [-0.39, 0.29) is 42.0 Å². The van der Waals surface area contributed by atoms with E-state index < -0.39 is 40.9 Å². The molecule has 1 N–H and O–H groups in total. The second-order valence-corrected chi connectivity index (χ2v) is 5.68. The predicted molar refractivity (Wildman–Crippen MR) is 82.0 cm³/mol. The molecule has 0 saturated heterocycles. The van der Waals surface area contributed by atoms with Gasteiger partial charge < -0.3 is 14.8 Å². The smallest absolute Gasteiger partial charge is 0.416 e. The van der Waals surface area contributed by atoms with Gasteiger partial charge in [0.2, 0.25) is 0 Å². The van der Waals surface area contributed by atoms with Crippen molar-refractivity contribution in [2.45, 2.75) is 12.4 Å². The van der Waals surface area contributed by atoms with Crippen molar-refractivity contribution in [2.24, 2.45) is 0 Å². The summed E-state index contributed by atoms with van der Waals surface area (Å²) in [6.45, 7) is -0.226. The summed E-state index contributed by atoms with van der Waals surface area (Å²) in [6, 6.07) is 4.13. The first-order valence-corrected chi connectivity index (χ1v) is 7.52. The van der Waals surface area contributed by atoms with E-state index in [1.807, 2.05) is 0 Å². The molecule has 0 spiro atoms. The van der Waals surface area contributed by atoms with Crippen molar-refractivity contribution in [3.63, 3.8) is 0 Å². The molecule has 0 aromatic heterocycles. The fraction of sp³-hybridized carbons (Fsp3) is 0.176. The minimum absolute atomic E-state index is 0.0947. The number of halogens is 6. The summed E-state index contributed by atoms with van der Waals surface area (Å²) in [5.41, 5.74) is -4.07. The van der Waals surface area contributed by atoms with Crippen molar-refractivity contribution in [1.82, 2.24) is 0 Å². The van der Waals surface area contributed by atoms with Crippen LogP contribution in [0.2, 0.25) is 0 Å². The van der Waals surface area contributed by atoms with Gasteiger partial charge in [0.15, 0.2) is 6.61 Å². The van der Waals surface area contributed by atoms with Crippen LogP contribution in [-0.4, -0.2) is 18.5 Å². The van der Waals surface area contributed by atoms with Gasteiger partial charge in [-0.2, -0.15) is 26.3 Å². The van der Waals surface area contributed by atoms with Gasteiger partial charge in [0.1, 0.15) is 11.5 Å². The lowest BCUT2D eigenvalue weighted by molar-refractivity contribution is -0.143. The van der Waals surface area contributed by atoms with E-state index in [0.29, 0.717) is 0 Å². The van der Waals surface area contributed by atoms with Gasteiger partial charge in [-0.05, 0) is 30.3 Å². The molecular formula is C17H9F6NO4. The number of carbonyl (C=O) groups is 2. The maximum atomic E-state index is 12.9. The third kappa shape index (κ3) is 4.18. The monoisotopic (exact) mass is 405 g/mol. The fourth-order valence-corrected chi connectivity index (χ4v) is 2.36. The van der Waals surface area contributed by atoms with E-state index in [2.05, 4.69) is 5.32 Å². The SMILES string of the molecule is O=C1COc2ccc(OC(=O)c3cc(C(F)(F)F)cc(C(F)(F)F)c3)cc2N1. The zero-order valence-corrected chi connectivity index (χ0v) is 13.6. The van der Waals surface area contributed by atoms with E-state index in [0.717, 1.165) is 6.07 Å². The number of esters is 1. The number of carbonyl (C=O) groups excluding carboxylic acids is 2. The molecule has 3 rings (SSSR count). The van der Waals surface area contributed by atoms with E-state index in [4.69, 9.17) is 9.47 Å². The molecule has 11 heteroatoms. The first-order valence-electron chi connectivity index (χ1n) is 7.52. The Morgan fingerprint density at radius 3 is 2.14 bits per heavy atom. The molecule has 0 unspecified atom stereocenters. The molecule has 0 bridgehead atoms. The molecule has 148 valence electrons. The average molecular weight is 405 g/mol. The Morgan fingerprint density at radius 1 is 0.964 bits per heavy atom. The second kappa shape index (κ2) is 6.73. The highest BCUT2D eigenvalue weighted by atomic mass is 19.4. The number of benzene rings is 2. The second-order valence-electron chi connectivity index (χ2n) is 5.68. The van der Waals surface area contributed by atoms with Crippen LogP contribution in [0.4, 0.5) is 32.0 Å². The summed E-state index contributed by atoms with van der Waals surface area (Å²) in [5, 5.41) is 2.42. The van der Waals surface area contributed by atoms with Crippen LogP contribution in [0.1, 0.15) is 21.5 Å². The number of hydrogen-bond acceptors (Lipinski definition) is 4. The number of nitrogens with one attached hydrogen (secondary N) is 1. The van der Waals surface area contributed by atoms with E-state index in [1.165, 1.54) is 12.1 Å². The van der Waals surface area contributed by atoms with Gasteiger partial charge in [0.25, 0.3) is 5.91 Å². The third-order valence-electron chi connectivity index (χ3n) is 3.62. The first kappa shape index (κ1) is 19.5. The molecule has 1 heterocycles. The Balaban J connectivity index is 1.92. The summed E-state index contributed by atoms with van der Waals surface area (Å²) >= 11 is 0. The molecule has 0 saturated carbocycles. The first-order chi connectivity index (χ1) is 12.9. The number of amides is 1. The van der Waals surface area contributed by atoms with Gasteiger partial charge in [-0.25, -0.2) is 4.79 Å². The Morgan fingerprint density at radius 2 is 1.57 bits per heavy atom. The third-order valence-corrected chi connectivity index (χ3v) is 3.62. The van der Waals surface area contributed by atoms with Gasteiger partial charge >= 0.3 is 18.3 Å². The molecule has 1 amide bonds. The lowest BCUT2D eigenvalue weighted by Gasteiger charge is -2.18. The molecule has 1 aliphatic rings. The zero-order chi connectivity index (χ0) is 20.7. The van der Waals surface area contributed by atoms with Gasteiger partial charge in [-0.15, -0.1) is 0 Å². The minimum Gasteiger partial charge on any atom is -0.482 e. The summed E-state index contributed by atoms with van der Waals surface area (Å²) in [7, 11) is 0. The Bertz CT molecular complexity index is 919. The minimum atomic E-state index is -5.09. The molecule has 5 nitrogen and oxygen atoms in total. The summed E-state index contributed by atoms with van der Waals surface area (Å²) < 4.78 is 87.2. The van der Waals surface area contributed by atoms with Crippen molar-refractivity contribution in [1.29, 1.82) is 0 Å². The fourth-order valence-electron chi connectivity index (χ4n) is 2.36. The van der Waals surface area contributed by atoms with Crippen molar-refractivity contribution in [2.75, 3.05) is 11.9 Å². The molecule has 0 aliphatic carbocycles. The maximum absolute atomic E-state index is 12.9. The Kier molecular flexibility index (Phi) is 4.69. The predicted octanol–water partition coefficient (Wildman–Crippen LogP) is 4.27. The van der Waals surface area contributed by atoms with Crippen molar-refractivity contribution in [3.8, 4) is 11.5 Å². The summed E-state index contributed by atoms with van der Waals surface area (Å²) in [6.07, 6.45) is -10.2. The van der Waals surface area contributed by atoms with Crippen LogP contribution in [0, 0.1) is 0 Å². The van der Waals surface area contributed by atoms with Gasteiger partial charge in [-0.1, -0.05) is 0 Å². The number of anilines is 1. The highest BCUT2D eigenvalue weighted by Gasteiger charge is 2.37. The van der Waals surface area contributed by atoms with Crippen LogP contribution in [0.15, 0.2) is 36.4 Å². The highest BCUT2D eigenvalue weighted by Crippen LogP contribution is 2.37. The molecule has 0 atom stereocenters. The normalized spacial score (nSPS) is 14.0. The van der Waals surface area contributed by atoms with Crippen molar-refractivity contribution < 1.29 is 45.4 Å². The van der Waals surface area contributed by atoms with Gasteiger partial charge in [0.05, 0.1) is 22.4 Å². The van der Waals surface area contributed by atoms with E-state index >= 15 is 0 Å². The largest absolute Gasteiger partial charge is 0.482 e. The molecule has 2 aromatic rings. The maximum Gasteiger partial charge on any atom is 0.416 e. The van der Waals surface area contributed by atoms with Crippen LogP contribution >= 0.6 is 0 Å². The van der Waals surface area contributed by atoms with E-state index in [1.54, 1.807) is 0 Å². The van der Waals surface area contributed by atoms with E-state index in [9.17, 15) is 35.9 Å². The standard InChI is InChI=1S/C17H9F6NO4/c18-16(19,20)9-3-8(4-10(5-9)17(21,22)23)15(26)28-11-1-2-13-12(6-11)24-14(25)7-27-13/h1-6H,7H2,(H,24,25). The highest BCUT2D eigenvalue weighted by molar-refractivity contribution is 5.96. The summed E-state index contributed by atoms with van der Waals surface area (Å²) in [5.74, 6) is -1.86. The molecule has 28 heavy (non-hydrogen) atoms. The summed E-state index contributed by atoms with van der Waals surface area (Å²) in [4.78, 5) is 23.4. The number of alkyl halides is 6. The number of ether oxygens (including phenoxy) is 2. The Hall–Kier alpha value is -3.24. The van der Waals surface area contributed by atoms with Crippen LogP contribution in [-0.2, 0) is 17.1 Å². The molecule has 0 fully saturated rings. The topological polar surface area (TPSA) is 64.6 Å². The zero-order valence-electron chi connectivity index (χ0n) is 13.6. The van der Waals surface area contributed by atoms with Crippen LogP contribution < -0.4 is 14.8 Å². The number of fused-ring (bicyclic) bond motifs is 1. The molecular weight excluding hydrogens is 396 g/mol. The quantitative estimate of drug-likeness (QED) is 0.460. The van der Waals surface area contributed by atoms with Gasteiger partial charge in [0, 0.05) is 6.07 Å². The van der Waals surface area contributed by atoms with Crippen LogP contribution in [0.3, 0.4) is 0 Å². The van der Waals surface area contributed by atoms with Crippen LogP contribution in [0.5, 0.6) is 11.5 Å². The number of hydrogen-bond donors (Lipinski definition) is 1. The molecule has 0 radical (unpaired) electrons. The lowest BCUT2D eigenvalue weighted by Crippen LogP contribution is -2.25.